The molecule has 1 atom stereocenters. The Morgan fingerprint density at radius 2 is 1.84 bits per heavy atom. The van der Waals surface area contributed by atoms with Gasteiger partial charge in [0.1, 0.15) is 5.92 Å². The maximum Gasteiger partial charge on any atom is 0.399 e. The summed E-state index contributed by atoms with van der Waals surface area (Å²) < 4.78 is 38.5. The lowest BCUT2D eigenvalue weighted by Gasteiger charge is -2.36. The summed E-state index contributed by atoms with van der Waals surface area (Å²) in [7, 11) is 1.74. The highest BCUT2D eigenvalue weighted by molar-refractivity contribution is 7.80. The minimum Gasteiger partial charge on any atom is -0.393 e. The lowest BCUT2D eigenvalue weighted by atomic mass is 9.84. The molecule has 1 unspecified atom stereocenters. The van der Waals surface area contributed by atoms with Crippen molar-refractivity contribution in [3.63, 3.8) is 0 Å². The summed E-state index contributed by atoms with van der Waals surface area (Å²) in [6, 6.07) is 0.224. The maximum atomic E-state index is 12.8. The smallest absolute Gasteiger partial charge is 0.393 e. The summed E-state index contributed by atoms with van der Waals surface area (Å²) in [5.41, 5.74) is 5.23. The first-order valence-electron chi connectivity index (χ1n) is 6.82. The number of rotatable bonds is 5. The van der Waals surface area contributed by atoms with Crippen LogP contribution >= 0.6 is 12.2 Å². The van der Waals surface area contributed by atoms with Crippen molar-refractivity contribution < 1.29 is 13.2 Å². The molecular formula is C13H23F3N2S. The molecule has 1 rings (SSSR count). The van der Waals surface area contributed by atoms with Crippen LogP contribution in [0.5, 0.6) is 0 Å². The predicted octanol–water partition coefficient (Wildman–Crippen LogP) is 3.35. The van der Waals surface area contributed by atoms with Gasteiger partial charge in [-0.05, 0) is 38.6 Å². The fraction of sp³-hybridized carbons (Fsp3) is 0.923. The summed E-state index contributed by atoms with van der Waals surface area (Å²) in [4.78, 5) is 1.32. The van der Waals surface area contributed by atoms with Crippen LogP contribution in [-0.4, -0.2) is 35.7 Å². The standard InChI is InChI=1S/C13H23F3N2S/c1-3-9-4-6-10(7-5-9)18(2)8-11(12(17)19)13(14,15)16/h9-11H,3-8H2,1-2H3,(H2,17,19). The molecule has 0 spiro atoms. The van der Waals surface area contributed by atoms with Crippen molar-refractivity contribution in [3.8, 4) is 0 Å². The topological polar surface area (TPSA) is 29.3 Å². The van der Waals surface area contributed by atoms with Gasteiger partial charge in [0.25, 0.3) is 0 Å². The van der Waals surface area contributed by atoms with Crippen molar-refractivity contribution in [2.24, 2.45) is 17.6 Å². The van der Waals surface area contributed by atoms with Gasteiger partial charge in [0.2, 0.25) is 0 Å². The summed E-state index contributed by atoms with van der Waals surface area (Å²) in [5.74, 6) is -0.963. The molecule has 0 aromatic rings. The summed E-state index contributed by atoms with van der Waals surface area (Å²) in [5, 5.41) is 0. The number of nitrogens with two attached hydrogens (primary N) is 1. The number of halogens is 3. The third-order valence-electron chi connectivity index (χ3n) is 4.23. The van der Waals surface area contributed by atoms with Crippen LogP contribution in [0.15, 0.2) is 0 Å². The van der Waals surface area contributed by atoms with Crippen molar-refractivity contribution in [3.05, 3.63) is 0 Å². The number of hydrogen-bond donors (Lipinski definition) is 1. The van der Waals surface area contributed by atoms with Gasteiger partial charge in [-0.1, -0.05) is 25.6 Å². The molecule has 0 heterocycles. The number of thiocarbonyl (C=S) groups is 1. The highest BCUT2D eigenvalue weighted by Crippen LogP contribution is 2.32. The van der Waals surface area contributed by atoms with Crippen LogP contribution < -0.4 is 5.73 Å². The fourth-order valence-corrected chi connectivity index (χ4v) is 2.99. The Hall–Kier alpha value is -0.360. The quantitative estimate of drug-likeness (QED) is 0.789. The first kappa shape index (κ1) is 16.7. The van der Waals surface area contributed by atoms with Gasteiger partial charge in [0, 0.05) is 12.6 Å². The van der Waals surface area contributed by atoms with Crippen LogP contribution in [0.25, 0.3) is 0 Å². The minimum atomic E-state index is -4.35. The second kappa shape index (κ2) is 6.88. The monoisotopic (exact) mass is 296 g/mol. The van der Waals surface area contributed by atoms with Crippen LogP contribution in [0, 0.1) is 11.8 Å². The molecule has 0 aromatic carbocycles. The van der Waals surface area contributed by atoms with E-state index in [0.29, 0.717) is 0 Å². The number of alkyl halides is 3. The van der Waals surface area contributed by atoms with Crippen LogP contribution in [-0.2, 0) is 0 Å². The predicted molar refractivity (Wildman–Crippen MR) is 75.0 cm³/mol. The van der Waals surface area contributed by atoms with Gasteiger partial charge < -0.3 is 10.6 Å². The number of nitrogens with zero attached hydrogens (tertiary/aromatic N) is 1. The zero-order valence-corrected chi connectivity index (χ0v) is 12.4. The van der Waals surface area contributed by atoms with E-state index in [9.17, 15) is 13.2 Å². The molecular weight excluding hydrogens is 273 g/mol. The van der Waals surface area contributed by atoms with Gasteiger partial charge in [0.15, 0.2) is 0 Å². The Morgan fingerprint density at radius 1 is 1.32 bits per heavy atom. The lowest BCUT2D eigenvalue weighted by Crippen LogP contribution is -2.46. The molecule has 1 aliphatic carbocycles. The van der Waals surface area contributed by atoms with Crippen LogP contribution in [0.2, 0.25) is 0 Å². The molecule has 2 N–H and O–H groups in total. The van der Waals surface area contributed by atoms with Crippen molar-refractivity contribution in [2.75, 3.05) is 13.6 Å². The fourth-order valence-electron chi connectivity index (χ4n) is 2.79. The van der Waals surface area contributed by atoms with Crippen LogP contribution in [0.1, 0.15) is 39.0 Å². The maximum absolute atomic E-state index is 12.8. The molecule has 1 saturated carbocycles. The summed E-state index contributed by atoms with van der Waals surface area (Å²) in [6.07, 6.45) is 0.966. The average molecular weight is 296 g/mol. The van der Waals surface area contributed by atoms with Crippen LogP contribution in [0.3, 0.4) is 0 Å². The Balaban J connectivity index is 2.54. The Labute approximate surface area is 118 Å². The normalized spacial score (nSPS) is 26.4. The summed E-state index contributed by atoms with van der Waals surface area (Å²) in [6.45, 7) is 2.04. The van der Waals surface area contributed by atoms with E-state index in [1.54, 1.807) is 11.9 Å². The van der Waals surface area contributed by atoms with Gasteiger partial charge >= 0.3 is 6.18 Å². The van der Waals surface area contributed by atoms with E-state index in [1.165, 1.54) is 0 Å². The highest BCUT2D eigenvalue weighted by atomic mass is 32.1. The molecule has 0 saturated heterocycles. The second-order valence-corrected chi connectivity index (χ2v) is 5.99. The number of hydrogen-bond acceptors (Lipinski definition) is 2. The van der Waals surface area contributed by atoms with Crippen molar-refractivity contribution in [1.82, 2.24) is 4.90 Å². The SMILES string of the molecule is CCC1CCC(N(C)CC(C(N)=S)C(F)(F)F)CC1. The van der Waals surface area contributed by atoms with Crippen LogP contribution in [0.4, 0.5) is 13.2 Å². The highest BCUT2D eigenvalue weighted by Gasteiger charge is 2.43. The molecule has 0 aliphatic heterocycles. The Bertz CT molecular complexity index is 299. The first-order valence-corrected chi connectivity index (χ1v) is 7.22. The second-order valence-electron chi connectivity index (χ2n) is 5.52. The van der Waals surface area contributed by atoms with E-state index in [1.807, 2.05) is 0 Å². The molecule has 112 valence electrons. The largest absolute Gasteiger partial charge is 0.399 e. The van der Waals surface area contributed by atoms with Crippen molar-refractivity contribution >= 4 is 17.2 Å². The zero-order valence-electron chi connectivity index (χ0n) is 11.5. The lowest BCUT2D eigenvalue weighted by molar-refractivity contribution is -0.160. The first-order chi connectivity index (χ1) is 8.75. The van der Waals surface area contributed by atoms with Gasteiger partial charge in [0.05, 0.1) is 4.99 Å². The molecule has 1 fully saturated rings. The molecule has 0 amide bonds. The molecule has 2 nitrogen and oxygen atoms in total. The zero-order chi connectivity index (χ0) is 14.6. The van der Waals surface area contributed by atoms with Gasteiger partial charge in [-0.3, -0.25) is 0 Å². The molecule has 6 heteroatoms. The third-order valence-corrected chi connectivity index (χ3v) is 4.51. The van der Waals surface area contributed by atoms with E-state index in [4.69, 9.17) is 5.73 Å². The van der Waals surface area contributed by atoms with E-state index in [0.717, 1.165) is 38.0 Å². The Kier molecular flexibility index (Phi) is 6.05. The summed E-state index contributed by atoms with van der Waals surface area (Å²) >= 11 is 4.55. The Morgan fingerprint density at radius 3 is 2.21 bits per heavy atom. The molecule has 1 aliphatic rings. The molecule has 0 aromatic heterocycles. The van der Waals surface area contributed by atoms with E-state index in [2.05, 4.69) is 19.1 Å². The van der Waals surface area contributed by atoms with E-state index >= 15 is 0 Å². The van der Waals surface area contributed by atoms with Gasteiger partial charge in [-0.2, -0.15) is 13.2 Å². The van der Waals surface area contributed by atoms with Crippen molar-refractivity contribution in [1.29, 1.82) is 0 Å². The minimum absolute atomic E-state index is 0.125. The molecule has 19 heavy (non-hydrogen) atoms. The van der Waals surface area contributed by atoms with Gasteiger partial charge in [-0.15, -0.1) is 0 Å². The third kappa shape index (κ3) is 4.91. The van der Waals surface area contributed by atoms with Gasteiger partial charge in [-0.25, -0.2) is 0 Å². The average Bonchev–Trinajstić information content (AvgIpc) is 2.34. The molecule has 0 radical (unpaired) electrons. The van der Waals surface area contributed by atoms with E-state index in [-0.39, 0.29) is 12.6 Å². The molecule has 0 bridgehead atoms. The van der Waals surface area contributed by atoms with E-state index < -0.39 is 17.1 Å². The van der Waals surface area contributed by atoms with Crippen molar-refractivity contribution in [2.45, 2.75) is 51.2 Å².